The maximum absolute atomic E-state index is 12.7. The minimum absolute atomic E-state index is 0.146. The molecule has 0 spiro atoms. The Morgan fingerprint density at radius 2 is 2.30 bits per heavy atom. The molecule has 2 aliphatic rings. The lowest BCUT2D eigenvalue weighted by Gasteiger charge is -2.33. The van der Waals surface area contributed by atoms with Crippen molar-refractivity contribution < 1.29 is 24.2 Å². The van der Waals surface area contributed by atoms with Gasteiger partial charge in [0.05, 0.1) is 18.6 Å². The standard InChI is InChI=1S/C17H21NO5/c1-2-23-14-5-3-4-12(8-14)15(19)18-9-13-10-22-7-6-17(13,11-18)16(20)21/h3-5,8,13H,2,6-7,9-11H2,1H3,(H,20,21)/t13-,17+/m0/s1. The molecular weight excluding hydrogens is 298 g/mol. The number of hydrogen-bond donors (Lipinski definition) is 1. The second kappa shape index (κ2) is 6.20. The van der Waals surface area contributed by atoms with Crippen molar-refractivity contribution >= 4 is 11.9 Å². The van der Waals surface area contributed by atoms with Gasteiger partial charge in [0, 0.05) is 31.2 Å². The first-order valence-electron chi connectivity index (χ1n) is 7.90. The van der Waals surface area contributed by atoms with Crippen molar-refractivity contribution in [2.24, 2.45) is 11.3 Å². The van der Waals surface area contributed by atoms with E-state index in [1.165, 1.54) is 0 Å². The summed E-state index contributed by atoms with van der Waals surface area (Å²) in [5.74, 6) is -0.482. The molecule has 0 unspecified atom stereocenters. The number of rotatable bonds is 4. The van der Waals surface area contributed by atoms with Gasteiger partial charge < -0.3 is 19.5 Å². The number of nitrogens with zero attached hydrogens (tertiary/aromatic N) is 1. The number of likely N-dealkylation sites (tertiary alicyclic amines) is 1. The number of ether oxygens (including phenoxy) is 2. The molecule has 2 saturated heterocycles. The van der Waals surface area contributed by atoms with Crippen LogP contribution in [-0.4, -0.2) is 54.8 Å². The second-order valence-corrected chi connectivity index (χ2v) is 6.13. The summed E-state index contributed by atoms with van der Waals surface area (Å²) >= 11 is 0. The van der Waals surface area contributed by atoms with Crippen molar-refractivity contribution in [3.8, 4) is 5.75 Å². The minimum Gasteiger partial charge on any atom is -0.494 e. The monoisotopic (exact) mass is 319 g/mol. The number of hydrogen-bond acceptors (Lipinski definition) is 4. The topological polar surface area (TPSA) is 76.1 Å². The van der Waals surface area contributed by atoms with E-state index >= 15 is 0 Å². The van der Waals surface area contributed by atoms with Crippen LogP contribution >= 0.6 is 0 Å². The number of benzene rings is 1. The van der Waals surface area contributed by atoms with Crippen LogP contribution in [0.1, 0.15) is 23.7 Å². The summed E-state index contributed by atoms with van der Waals surface area (Å²) in [6, 6.07) is 7.02. The van der Waals surface area contributed by atoms with Gasteiger partial charge in [-0.1, -0.05) is 6.07 Å². The largest absolute Gasteiger partial charge is 0.494 e. The van der Waals surface area contributed by atoms with Crippen LogP contribution in [0.2, 0.25) is 0 Å². The van der Waals surface area contributed by atoms with E-state index in [1.807, 2.05) is 6.92 Å². The first kappa shape index (κ1) is 15.8. The smallest absolute Gasteiger partial charge is 0.311 e. The first-order chi connectivity index (χ1) is 11.1. The molecule has 124 valence electrons. The number of aliphatic carboxylic acids is 1. The predicted molar refractivity (Wildman–Crippen MR) is 82.5 cm³/mol. The Bertz CT molecular complexity index is 617. The molecule has 2 heterocycles. The summed E-state index contributed by atoms with van der Waals surface area (Å²) in [6.07, 6.45) is 0.454. The fourth-order valence-corrected chi connectivity index (χ4v) is 3.52. The maximum atomic E-state index is 12.7. The van der Waals surface area contributed by atoms with Crippen LogP contribution in [0.25, 0.3) is 0 Å². The van der Waals surface area contributed by atoms with E-state index in [2.05, 4.69) is 0 Å². The number of carbonyl (C=O) groups excluding carboxylic acids is 1. The van der Waals surface area contributed by atoms with Gasteiger partial charge in [0.15, 0.2) is 0 Å². The first-order valence-corrected chi connectivity index (χ1v) is 7.90. The lowest BCUT2D eigenvalue weighted by molar-refractivity contribution is -0.157. The maximum Gasteiger partial charge on any atom is 0.311 e. The summed E-state index contributed by atoms with van der Waals surface area (Å²) in [6.45, 7) is 3.91. The number of amides is 1. The van der Waals surface area contributed by atoms with Gasteiger partial charge in [0.25, 0.3) is 5.91 Å². The zero-order valence-electron chi connectivity index (χ0n) is 13.2. The van der Waals surface area contributed by atoms with Crippen molar-refractivity contribution in [1.29, 1.82) is 0 Å². The van der Waals surface area contributed by atoms with Crippen molar-refractivity contribution in [2.75, 3.05) is 32.9 Å². The van der Waals surface area contributed by atoms with E-state index in [0.29, 0.717) is 44.1 Å². The van der Waals surface area contributed by atoms with Gasteiger partial charge in [0.1, 0.15) is 5.75 Å². The van der Waals surface area contributed by atoms with Crippen molar-refractivity contribution in [3.05, 3.63) is 29.8 Å². The molecule has 1 N–H and O–H groups in total. The molecule has 6 nitrogen and oxygen atoms in total. The molecule has 2 atom stereocenters. The predicted octanol–water partition coefficient (Wildman–Crippen LogP) is 1.65. The average molecular weight is 319 g/mol. The summed E-state index contributed by atoms with van der Waals surface area (Å²) < 4.78 is 10.8. The highest BCUT2D eigenvalue weighted by molar-refractivity contribution is 5.95. The SMILES string of the molecule is CCOc1cccc(C(=O)N2C[C@H]3COCC[C@@]3(C(=O)O)C2)c1. The Morgan fingerprint density at radius 1 is 1.48 bits per heavy atom. The van der Waals surface area contributed by atoms with Gasteiger partial charge in [0.2, 0.25) is 0 Å². The number of fused-ring (bicyclic) bond motifs is 1. The molecule has 0 aromatic heterocycles. The van der Waals surface area contributed by atoms with Gasteiger partial charge in [-0.2, -0.15) is 0 Å². The van der Waals surface area contributed by atoms with Crippen LogP contribution in [0.5, 0.6) is 5.75 Å². The fourth-order valence-electron chi connectivity index (χ4n) is 3.52. The molecule has 1 amide bonds. The van der Waals surface area contributed by atoms with Crippen LogP contribution in [0.4, 0.5) is 0 Å². The lowest BCUT2D eigenvalue weighted by atomic mass is 9.74. The van der Waals surface area contributed by atoms with Gasteiger partial charge in [-0.3, -0.25) is 9.59 Å². The zero-order chi connectivity index (χ0) is 16.4. The molecule has 3 rings (SSSR count). The van der Waals surface area contributed by atoms with Gasteiger partial charge in [-0.25, -0.2) is 0 Å². The highest BCUT2D eigenvalue weighted by Crippen LogP contribution is 2.42. The van der Waals surface area contributed by atoms with Crippen molar-refractivity contribution in [2.45, 2.75) is 13.3 Å². The Labute approximate surface area is 135 Å². The Morgan fingerprint density at radius 3 is 3.00 bits per heavy atom. The molecule has 6 heteroatoms. The van der Waals surface area contributed by atoms with Crippen LogP contribution in [0, 0.1) is 11.3 Å². The van der Waals surface area contributed by atoms with Gasteiger partial charge in [-0.15, -0.1) is 0 Å². The highest BCUT2D eigenvalue weighted by Gasteiger charge is 2.54. The molecule has 1 aromatic rings. The average Bonchev–Trinajstić information content (AvgIpc) is 2.96. The third kappa shape index (κ3) is 2.79. The lowest BCUT2D eigenvalue weighted by Crippen LogP contribution is -2.45. The molecule has 0 bridgehead atoms. The van der Waals surface area contributed by atoms with E-state index in [-0.39, 0.29) is 18.4 Å². The molecule has 2 aliphatic heterocycles. The third-order valence-corrected chi connectivity index (χ3v) is 4.81. The van der Waals surface area contributed by atoms with Crippen molar-refractivity contribution in [3.63, 3.8) is 0 Å². The van der Waals surface area contributed by atoms with Crippen molar-refractivity contribution in [1.82, 2.24) is 4.90 Å². The minimum atomic E-state index is -0.870. The number of carboxylic acids is 1. The Kier molecular flexibility index (Phi) is 4.26. The van der Waals surface area contributed by atoms with E-state index < -0.39 is 11.4 Å². The second-order valence-electron chi connectivity index (χ2n) is 6.13. The normalized spacial score (nSPS) is 26.7. The van der Waals surface area contributed by atoms with Gasteiger partial charge >= 0.3 is 5.97 Å². The van der Waals surface area contributed by atoms with Crippen LogP contribution < -0.4 is 4.74 Å². The Balaban J connectivity index is 1.81. The fraction of sp³-hybridized carbons (Fsp3) is 0.529. The summed E-state index contributed by atoms with van der Waals surface area (Å²) in [7, 11) is 0. The third-order valence-electron chi connectivity index (χ3n) is 4.81. The summed E-state index contributed by atoms with van der Waals surface area (Å²) in [5, 5.41) is 9.67. The van der Waals surface area contributed by atoms with E-state index in [9.17, 15) is 14.7 Å². The molecule has 0 saturated carbocycles. The molecule has 0 radical (unpaired) electrons. The van der Waals surface area contributed by atoms with Crippen LogP contribution in [0.3, 0.4) is 0 Å². The molecule has 2 fully saturated rings. The van der Waals surface area contributed by atoms with Gasteiger partial charge in [-0.05, 0) is 31.5 Å². The molecule has 23 heavy (non-hydrogen) atoms. The number of carbonyl (C=O) groups is 2. The van der Waals surface area contributed by atoms with E-state index in [1.54, 1.807) is 29.2 Å². The zero-order valence-corrected chi connectivity index (χ0v) is 13.2. The van der Waals surface area contributed by atoms with E-state index in [4.69, 9.17) is 9.47 Å². The van der Waals surface area contributed by atoms with E-state index in [0.717, 1.165) is 0 Å². The van der Waals surface area contributed by atoms with Crippen LogP contribution in [-0.2, 0) is 9.53 Å². The molecule has 0 aliphatic carbocycles. The molecule has 1 aromatic carbocycles. The number of carboxylic acid groups (broad SMARTS) is 1. The summed E-state index contributed by atoms with van der Waals surface area (Å²) in [4.78, 5) is 26.2. The quantitative estimate of drug-likeness (QED) is 0.913. The summed E-state index contributed by atoms with van der Waals surface area (Å²) in [5.41, 5.74) is -0.345. The molecular formula is C17H21NO5. The van der Waals surface area contributed by atoms with Crippen LogP contribution in [0.15, 0.2) is 24.3 Å². The Hall–Kier alpha value is -2.08. The highest BCUT2D eigenvalue weighted by atomic mass is 16.5.